The standard InChI is InChI=1S/C52H68O2/c1-39(2)20-19-21-40(3)47-30-31-48-46-29-28-44-38-45(32-34-50(44,4)49(46)33-35-51(47,48)5)53-36-17-6-7-18-37-54-52(41-22-11-8-12-23-41,42-24-13-9-14-25-42)43-26-15-10-16-27-43/h8-16,22-28,39-40,45-49H,17-21,29-38H2,1-5H3/t40-,45+,46+,47-,48+,49?,50+,51-/m1/s1. The molecule has 0 N–H and O–H groups in total. The molecule has 1 unspecified atom stereocenters. The molecule has 7 rings (SSSR count). The molecule has 3 aromatic rings. The highest BCUT2D eigenvalue weighted by molar-refractivity contribution is 5.47. The highest BCUT2D eigenvalue weighted by atomic mass is 16.5. The summed E-state index contributed by atoms with van der Waals surface area (Å²) in [7, 11) is 0. The monoisotopic (exact) mass is 725 g/mol. The lowest BCUT2D eigenvalue weighted by molar-refractivity contribution is -0.0635. The summed E-state index contributed by atoms with van der Waals surface area (Å²) in [5, 5.41) is 0. The van der Waals surface area contributed by atoms with E-state index in [-0.39, 0.29) is 0 Å². The molecule has 0 spiro atoms. The molecule has 8 atom stereocenters. The van der Waals surface area contributed by atoms with E-state index >= 15 is 0 Å². The summed E-state index contributed by atoms with van der Waals surface area (Å²) in [6.45, 7) is 14.0. The van der Waals surface area contributed by atoms with Gasteiger partial charge in [-0.2, -0.15) is 0 Å². The third kappa shape index (κ3) is 7.93. The van der Waals surface area contributed by atoms with Crippen LogP contribution in [0.2, 0.25) is 0 Å². The maximum absolute atomic E-state index is 6.91. The van der Waals surface area contributed by atoms with E-state index in [1.165, 1.54) is 64.2 Å². The molecule has 0 amide bonds. The molecule has 54 heavy (non-hydrogen) atoms. The van der Waals surface area contributed by atoms with E-state index in [9.17, 15) is 0 Å². The molecule has 0 saturated heterocycles. The molecule has 0 aromatic heterocycles. The van der Waals surface area contributed by atoms with Crippen molar-refractivity contribution >= 4 is 0 Å². The van der Waals surface area contributed by atoms with Gasteiger partial charge in [-0.15, -0.1) is 11.8 Å². The van der Waals surface area contributed by atoms with Crippen LogP contribution < -0.4 is 0 Å². The summed E-state index contributed by atoms with van der Waals surface area (Å²) in [5.41, 5.74) is 5.34. The van der Waals surface area contributed by atoms with Crippen molar-refractivity contribution in [3.8, 4) is 11.8 Å². The van der Waals surface area contributed by atoms with E-state index in [4.69, 9.17) is 9.47 Å². The van der Waals surface area contributed by atoms with Crippen LogP contribution in [0, 0.1) is 58.2 Å². The first-order chi connectivity index (χ1) is 26.3. The molecule has 3 aromatic carbocycles. The fourth-order valence-corrected chi connectivity index (χ4v) is 12.3. The van der Waals surface area contributed by atoms with E-state index in [0.717, 1.165) is 65.0 Å². The normalized spacial score (nSPS) is 29.7. The summed E-state index contributed by atoms with van der Waals surface area (Å²) in [6, 6.07) is 31.8. The van der Waals surface area contributed by atoms with Crippen molar-refractivity contribution in [2.24, 2.45) is 46.3 Å². The van der Waals surface area contributed by atoms with E-state index in [2.05, 4.69) is 144 Å². The van der Waals surface area contributed by atoms with Gasteiger partial charge < -0.3 is 9.47 Å². The Labute approximate surface area is 328 Å². The number of hydrogen-bond donors (Lipinski definition) is 0. The molecule has 4 aliphatic carbocycles. The summed E-state index contributed by atoms with van der Waals surface area (Å²) in [6.07, 6.45) is 19.5. The molecule has 3 saturated carbocycles. The van der Waals surface area contributed by atoms with Crippen LogP contribution >= 0.6 is 0 Å². The first-order valence-corrected chi connectivity index (χ1v) is 21.8. The van der Waals surface area contributed by atoms with Crippen molar-refractivity contribution in [3.63, 3.8) is 0 Å². The van der Waals surface area contributed by atoms with Crippen molar-refractivity contribution in [1.82, 2.24) is 0 Å². The number of hydrogen-bond acceptors (Lipinski definition) is 2. The van der Waals surface area contributed by atoms with Crippen molar-refractivity contribution < 1.29 is 9.47 Å². The van der Waals surface area contributed by atoms with Crippen LogP contribution in [0.1, 0.15) is 135 Å². The third-order valence-corrected chi connectivity index (χ3v) is 15.1. The summed E-state index contributed by atoms with van der Waals surface area (Å²) < 4.78 is 13.5. The molecule has 0 radical (unpaired) electrons. The quantitative estimate of drug-likeness (QED) is 0.0713. The Hall–Kier alpha value is -3.12. The second kappa shape index (κ2) is 17.3. The highest BCUT2D eigenvalue weighted by Gasteiger charge is 2.59. The maximum atomic E-state index is 6.91. The Morgan fingerprint density at radius 2 is 1.31 bits per heavy atom. The zero-order chi connectivity index (χ0) is 37.6. The molecule has 4 aliphatic rings. The van der Waals surface area contributed by atoms with Gasteiger partial charge in [0.1, 0.15) is 5.60 Å². The second-order valence-electron chi connectivity index (χ2n) is 18.5. The average Bonchev–Trinajstić information content (AvgIpc) is 3.55. The van der Waals surface area contributed by atoms with Crippen LogP contribution in [0.4, 0.5) is 0 Å². The van der Waals surface area contributed by atoms with Crippen molar-refractivity contribution in [2.45, 2.75) is 130 Å². The van der Waals surface area contributed by atoms with Crippen LogP contribution in [0.25, 0.3) is 0 Å². The van der Waals surface area contributed by atoms with Crippen molar-refractivity contribution in [2.75, 3.05) is 13.2 Å². The zero-order valence-corrected chi connectivity index (χ0v) is 34.2. The van der Waals surface area contributed by atoms with Crippen LogP contribution in [0.15, 0.2) is 103 Å². The van der Waals surface area contributed by atoms with Gasteiger partial charge in [0.05, 0.1) is 19.3 Å². The van der Waals surface area contributed by atoms with Crippen LogP contribution in [-0.2, 0) is 15.1 Å². The number of fused-ring (bicyclic) bond motifs is 5. The summed E-state index contributed by atoms with van der Waals surface area (Å²) in [5.74, 6) is 12.1. The van der Waals surface area contributed by atoms with Crippen LogP contribution in [-0.4, -0.2) is 19.3 Å². The topological polar surface area (TPSA) is 18.5 Å². The molecular formula is C52H68O2. The smallest absolute Gasteiger partial charge is 0.143 e. The first-order valence-electron chi connectivity index (χ1n) is 21.8. The Morgan fingerprint density at radius 3 is 1.93 bits per heavy atom. The van der Waals surface area contributed by atoms with Crippen molar-refractivity contribution in [1.29, 1.82) is 0 Å². The Balaban J connectivity index is 0.910. The van der Waals surface area contributed by atoms with Gasteiger partial charge in [-0.3, -0.25) is 0 Å². The molecule has 2 nitrogen and oxygen atoms in total. The molecular weight excluding hydrogens is 657 g/mol. The van der Waals surface area contributed by atoms with Gasteiger partial charge in [-0.05, 0) is 114 Å². The number of benzene rings is 3. The molecule has 3 fully saturated rings. The fourth-order valence-electron chi connectivity index (χ4n) is 12.3. The fraction of sp³-hybridized carbons (Fsp3) is 0.577. The molecule has 288 valence electrons. The number of ether oxygens (including phenoxy) is 2. The Bertz CT molecular complexity index is 1620. The van der Waals surface area contributed by atoms with Crippen molar-refractivity contribution in [3.05, 3.63) is 119 Å². The predicted octanol–water partition coefficient (Wildman–Crippen LogP) is 13.2. The number of rotatable bonds is 14. The molecule has 2 heteroatoms. The Kier molecular flexibility index (Phi) is 12.6. The van der Waals surface area contributed by atoms with Gasteiger partial charge in [0, 0.05) is 12.8 Å². The first kappa shape index (κ1) is 39.1. The Morgan fingerprint density at radius 1 is 0.704 bits per heavy atom. The van der Waals surface area contributed by atoms with E-state index in [1.807, 2.05) is 0 Å². The predicted molar refractivity (Wildman–Crippen MR) is 225 cm³/mol. The van der Waals surface area contributed by atoms with Gasteiger partial charge in [0.15, 0.2) is 0 Å². The minimum atomic E-state index is -0.694. The minimum absolute atomic E-state index is 0.339. The van der Waals surface area contributed by atoms with E-state index < -0.39 is 5.60 Å². The lowest BCUT2D eigenvalue weighted by Gasteiger charge is -2.58. The van der Waals surface area contributed by atoms with Crippen LogP contribution in [0.5, 0.6) is 0 Å². The summed E-state index contributed by atoms with van der Waals surface area (Å²) in [4.78, 5) is 0. The van der Waals surface area contributed by atoms with Gasteiger partial charge in [0.2, 0.25) is 0 Å². The van der Waals surface area contributed by atoms with Crippen LogP contribution in [0.3, 0.4) is 0 Å². The van der Waals surface area contributed by atoms with Gasteiger partial charge in [-0.1, -0.05) is 157 Å². The lowest BCUT2D eigenvalue weighted by Crippen LogP contribution is -2.51. The molecule has 0 aliphatic heterocycles. The van der Waals surface area contributed by atoms with Gasteiger partial charge in [-0.25, -0.2) is 0 Å². The lowest BCUT2D eigenvalue weighted by atomic mass is 9.47. The van der Waals surface area contributed by atoms with Gasteiger partial charge in [0.25, 0.3) is 0 Å². The van der Waals surface area contributed by atoms with E-state index in [0.29, 0.717) is 36.6 Å². The average molecular weight is 725 g/mol. The summed E-state index contributed by atoms with van der Waals surface area (Å²) >= 11 is 0. The minimum Gasteiger partial charge on any atom is -0.377 e. The zero-order valence-electron chi connectivity index (χ0n) is 34.2. The largest absolute Gasteiger partial charge is 0.377 e. The SMILES string of the molecule is CC(C)CCC[C@@H](C)[C@H]1CC[C@H]2[C@@H]3CC=C4C[C@@H](OCCC#CCCOC(c5ccccc5)(c5ccccc5)c5ccccc5)CC[C@]4(C)C3CC[C@]12C. The molecule has 0 heterocycles. The number of allylic oxidation sites excluding steroid dienone is 1. The highest BCUT2D eigenvalue weighted by Crippen LogP contribution is 2.67. The molecule has 0 bridgehead atoms. The second-order valence-corrected chi connectivity index (χ2v) is 18.5. The maximum Gasteiger partial charge on any atom is 0.143 e. The third-order valence-electron chi connectivity index (χ3n) is 15.1. The van der Waals surface area contributed by atoms with Gasteiger partial charge >= 0.3 is 0 Å². The van der Waals surface area contributed by atoms with E-state index in [1.54, 1.807) is 5.57 Å².